The highest BCUT2D eigenvalue weighted by molar-refractivity contribution is 5.92. The predicted molar refractivity (Wildman–Crippen MR) is 136 cm³/mol. The van der Waals surface area contributed by atoms with Crippen LogP contribution in [0.3, 0.4) is 0 Å². The second kappa shape index (κ2) is 9.86. The molecule has 3 heterocycles. The number of likely N-dealkylation sites (N-methyl/N-ethyl adjacent to an activating group) is 1. The molecular weight excluding hydrogens is 426 g/mol. The minimum absolute atomic E-state index is 0.0778. The van der Waals surface area contributed by atoms with Crippen LogP contribution in [0, 0.1) is 0 Å². The molecule has 1 N–H and O–H groups in total. The average Bonchev–Trinajstić information content (AvgIpc) is 3.51. The van der Waals surface area contributed by atoms with Gasteiger partial charge in [0.05, 0.1) is 37.2 Å². The molecule has 1 saturated heterocycles. The molecule has 0 aromatic heterocycles. The minimum atomic E-state index is -0.326. The fourth-order valence-corrected chi connectivity index (χ4v) is 6.06. The molecule has 1 amide bonds. The molecule has 5 rings (SSSR count). The van der Waals surface area contributed by atoms with Gasteiger partial charge in [-0.3, -0.25) is 9.79 Å². The number of hydrogen-bond acceptors (Lipinski definition) is 6. The lowest BCUT2D eigenvalue weighted by Crippen LogP contribution is -2.54. The van der Waals surface area contributed by atoms with Crippen molar-refractivity contribution in [1.82, 2.24) is 20.0 Å². The van der Waals surface area contributed by atoms with Crippen LogP contribution < -0.4 is 5.32 Å². The zero-order chi connectivity index (χ0) is 23.7. The van der Waals surface area contributed by atoms with Gasteiger partial charge in [0.2, 0.25) is 5.91 Å². The van der Waals surface area contributed by atoms with Crippen LogP contribution in [0.15, 0.2) is 40.2 Å². The van der Waals surface area contributed by atoms with E-state index in [1.807, 2.05) is 18.3 Å². The number of nitrogens with zero attached hydrogens (tertiary/aromatic N) is 4. The molecule has 7 nitrogen and oxygen atoms in total. The van der Waals surface area contributed by atoms with Crippen LogP contribution >= 0.6 is 0 Å². The van der Waals surface area contributed by atoms with Gasteiger partial charge in [-0.25, -0.2) is 0 Å². The quantitative estimate of drug-likeness (QED) is 0.624. The number of likely N-dealkylation sites (tertiary alicyclic amines) is 1. The highest BCUT2D eigenvalue weighted by Gasteiger charge is 2.43. The summed E-state index contributed by atoms with van der Waals surface area (Å²) in [6, 6.07) is 0.754. The zero-order valence-electron chi connectivity index (χ0n) is 21.1. The molecule has 0 bridgehead atoms. The minimum Gasteiger partial charge on any atom is -0.382 e. The van der Waals surface area contributed by atoms with E-state index in [0.717, 1.165) is 57.5 Å². The Morgan fingerprint density at radius 1 is 1.18 bits per heavy atom. The normalized spacial score (nSPS) is 34.1. The van der Waals surface area contributed by atoms with Gasteiger partial charge in [-0.2, -0.15) is 0 Å². The molecule has 3 aliphatic heterocycles. The van der Waals surface area contributed by atoms with E-state index in [4.69, 9.17) is 4.74 Å². The molecule has 0 spiro atoms. The smallest absolute Gasteiger partial charge is 0.249 e. The second-order valence-corrected chi connectivity index (χ2v) is 10.9. The maximum Gasteiger partial charge on any atom is 0.249 e. The topological polar surface area (TPSA) is 60.4 Å². The van der Waals surface area contributed by atoms with Crippen molar-refractivity contribution in [3.05, 3.63) is 35.2 Å². The van der Waals surface area contributed by atoms with E-state index in [2.05, 4.69) is 46.1 Å². The van der Waals surface area contributed by atoms with Crippen molar-refractivity contribution < 1.29 is 9.53 Å². The second-order valence-electron chi connectivity index (χ2n) is 10.9. The van der Waals surface area contributed by atoms with Crippen molar-refractivity contribution in [3.8, 4) is 0 Å². The molecule has 2 aliphatic carbocycles. The highest BCUT2D eigenvalue weighted by Crippen LogP contribution is 2.41. The van der Waals surface area contributed by atoms with Gasteiger partial charge < -0.3 is 24.8 Å². The fourth-order valence-electron chi connectivity index (χ4n) is 6.06. The number of hydrogen-bond donors (Lipinski definition) is 1. The first-order chi connectivity index (χ1) is 16.4. The van der Waals surface area contributed by atoms with E-state index in [1.165, 1.54) is 37.2 Å². The average molecular weight is 468 g/mol. The molecule has 0 radical (unpaired) electrons. The van der Waals surface area contributed by atoms with E-state index in [9.17, 15) is 4.79 Å². The summed E-state index contributed by atoms with van der Waals surface area (Å²) in [7, 11) is 1.92. The summed E-state index contributed by atoms with van der Waals surface area (Å²) in [5, 5.41) is 3.78. The van der Waals surface area contributed by atoms with Crippen molar-refractivity contribution in [2.75, 3.05) is 39.8 Å². The number of rotatable bonds is 7. The standard InChI is InChI=1S/C27H41N5O2/c1-20-18-28-19-32(20)22-10-11-27(2)24(16-22)25(17-26(33)30(27)3)29-21-6-8-23(9-7-21)34-15-14-31-12-4-5-13-31/h10,16-17,19-21,23,29H,4-9,11-15,18H2,1-3H3. The molecule has 2 atom stereocenters. The van der Waals surface area contributed by atoms with Gasteiger partial charge in [-0.05, 0) is 78.0 Å². The maximum absolute atomic E-state index is 12.9. The lowest BCUT2D eigenvalue weighted by atomic mass is 9.77. The van der Waals surface area contributed by atoms with E-state index in [-0.39, 0.29) is 11.4 Å². The van der Waals surface area contributed by atoms with E-state index in [1.54, 1.807) is 6.08 Å². The van der Waals surface area contributed by atoms with Gasteiger partial charge in [0.1, 0.15) is 0 Å². The Morgan fingerprint density at radius 3 is 2.65 bits per heavy atom. The van der Waals surface area contributed by atoms with Crippen molar-refractivity contribution in [1.29, 1.82) is 0 Å². The Kier molecular flexibility index (Phi) is 6.85. The van der Waals surface area contributed by atoms with Crippen LogP contribution in [0.4, 0.5) is 0 Å². The first kappa shape index (κ1) is 23.6. The van der Waals surface area contributed by atoms with Crippen molar-refractivity contribution in [2.24, 2.45) is 4.99 Å². The number of amides is 1. The van der Waals surface area contributed by atoms with Crippen LogP contribution in [0.5, 0.6) is 0 Å². The summed E-state index contributed by atoms with van der Waals surface area (Å²) < 4.78 is 6.22. The first-order valence-electron chi connectivity index (χ1n) is 13.2. The van der Waals surface area contributed by atoms with Gasteiger partial charge in [0.15, 0.2) is 0 Å². The molecule has 7 heteroatoms. The van der Waals surface area contributed by atoms with Crippen molar-refractivity contribution in [2.45, 2.75) is 82.5 Å². The number of allylic oxidation sites excluding steroid dienone is 1. The molecule has 1 saturated carbocycles. The number of carbonyl (C=O) groups is 1. The summed E-state index contributed by atoms with van der Waals surface area (Å²) in [6.07, 6.45) is 16.5. The van der Waals surface area contributed by atoms with Gasteiger partial charge in [-0.1, -0.05) is 6.08 Å². The summed E-state index contributed by atoms with van der Waals surface area (Å²) in [4.78, 5) is 24.0. The zero-order valence-corrected chi connectivity index (χ0v) is 21.1. The van der Waals surface area contributed by atoms with Gasteiger partial charge >= 0.3 is 0 Å². The van der Waals surface area contributed by atoms with E-state index < -0.39 is 0 Å². The molecular formula is C27H41N5O2. The summed E-state index contributed by atoms with van der Waals surface area (Å²) in [6.45, 7) is 9.62. The third kappa shape index (κ3) is 4.69. The van der Waals surface area contributed by atoms with E-state index >= 15 is 0 Å². The number of nitrogens with one attached hydrogen (secondary N) is 1. The van der Waals surface area contributed by atoms with Gasteiger partial charge in [0.25, 0.3) is 0 Å². The lowest BCUT2D eigenvalue weighted by Gasteiger charge is -2.47. The largest absolute Gasteiger partial charge is 0.382 e. The van der Waals surface area contributed by atoms with E-state index in [0.29, 0.717) is 18.2 Å². The van der Waals surface area contributed by atoms with Crippen LogP contribution in [0.2, 0.25) is 0 Å². The lowest BCUT2D eigenvalue weighted by molar-refractivity contribution is -0.129. The number of carbonyl (C=O) groups excluding carboxylic acids is 1. The van der Waals surface area contributed by atoms with Crippen LogP contribution in [-0.2, 0) is 9.53 Å². The predicted octanol–water partition coefficient (Wildman–Crippen LogP) is 3.06. The summed E-state index contributed by atoms with van der Waals surface area (Å²) in [5.74, 6) is 0.0778. The molecule has 0 aromatic carbocycles. The monoisotopic (exact) mass is 467 g/mol. The van der Waals surface area contributed by atoms with Crippen LogP contribution in [-0.4, -0.2) is 90.5 Å². The molecule has 2 fully saturated rings. The number of aliphatic imine (C=N–C) groups is 1. The number of ether oxygens (including phenoxy) is 1. The SMILES string of the molecule is CC1CN=CN1C1=CCC2(C)C(=C1)C(NC1CCC(OCCN3CCCC3)CC1)=CC(=O)N2C. The van der Waals surface area contributed by atoms with Gasteiger partial charge in [0, 0.05) is 42.7 Å². The Hall–Kier alpha value is -2.12. The van der Waals surface area contributed by atoms with Crippen molar-refractivity contribution >= 4 is 12.2 Å². The fraction of sp³-hybridized carbons (Fsp3) is 0.704. The Balaban J connectivity index is 1.21. The number of fused-ring (bicyclic) bond motifs is 1. The molecule has 2 unspecified atom stereocenters. The molecule has 186 valence electrons. The third-order valence-electron chi connectivity index (χ3n) is 8.55. The highest BCUT2D eigenvalue weighted by atomic mass is 16.5. The van der Waals surface area contributed by atoms with Gasteiger partial charge in [-0.15, -0.1) is 0 Å². The Bertz CT molecular complexity index is 895. The Labute approximate surface area is 204 Å². The maximum atomic E-state index is 12.9. The molecule has 5 aliphatic rings. The first-order valence-corrected chi connectivity index (χ1v) is 13.2. The van der Waals surface area contributed by atoms with Crippen LogP contribution in [0.1, 0.15) is 58.8 Å². The van der Waals surface area contributed by atoms with Crippen LogP contribution in [0.25, 0.3) is 0 Å². The summed E-state index contributed by atoms with van der Waals surface area (Å²) >= 11 is 0. The van der Waals surface area contributed by atoms with Crippen molar-refractivity contribution in [3.63, 3.8) is 0 Å². The molecule has 34 heavy (non-hydrogen) atoms. The molecule has 0 aromatic rings. The summed E-state index contributed by atoms with van der Waals surface area (Å²) in [5.41, 5.74) is 3.07. The third-order valence-corrected chi connectivity index (χ3v) is 8.55. The Morgan fingerprint density at radius 2 is 1.94 bits per heavy atom.